The highest BCUT2D eigenvalue weighted by molar-refractivity contribution is 5.93. The van der Waals surface area contributed by atoms with Crippen LogP contribution in [-0.4, -0.2) is 50.2 Å². The van der Waals surface area contributed by atoms with Crippen LogP contribution < -0.4 is 11.1 Å². The van der Waals surface area contributed by atoms with E-state index in [2.05, 4.69) is 47.9 Å². The molecule has 3 aromatic heterocycles. The summed E-state index contributed by atoms with van der Waals surface area (Å²) in [4.78, 5) is 27.2. The van der Waals surface area contributed by atoms with Crippen molar-refractivity contribution < 1.29 is 0 Å². The topological polar surface area (TPSA) is 139 Å². The second-order valence-corrected chi connectivity index (χ2v) is 6.88. The lowest BCUT2D eigenvalue weighted by Gasteiger charge is -2.13. The molecule has 0 bridgehead atoms. The summed E-state index contributed by atoms with van der Waals surface area (Å²) < 4.78 is 2.54. The van der Waals surface area contributed by atoms with E-state index in [1.807, 2.05) is 6.92 Å². The van der Waals surface area contributed by atoms with Crippen molar-refractivity contribution in [2.24, 2.45) is 0 Å². The lowest BCUT2D eigenvalue weighted by Crippen LogP contribution is -2.30. The zero-order chi connectivity index (χ0) is 21.3. The van der Waals surface area contributed by atoms with Gasteiger partial charge in [0.2, 0.25) is 0 Å². The molecule has 0 saturated heterocycles. The molecule has 1 aromatic carbocycles. The van der Waals surface area contributed by atoms with Crippen LogP contribution >= 0.6 is 0 Å². The predicted octanol–water partition coefficient (Wildman–Crippen LogP) is 0.118. The number of nitrogens with zero attached hydrogens (tertiary/aromatic N) is 10. The van der Waals surface area contributed by atoms with Gasteiger partial charge in [-0.1, -0.05) is 10.4 Å². The Kier molecular flexibility index (Phi) is 5.01. The fourth-order valence-electron chi connectivity index (χ4n) is 3.10. The molecule has 30 heavy (non-hydrogen) atoms. The van der Waals surface area contributed by atoms with E-state index < -0.39 is 0 Å². The maximum atomic E-state index is 13.0. The second kappa shape index (κ2) is 7.78. The molecule has 12 heteroatoms. The van der Waals surface area contributed by atoms with Crippen molar-refractivity contribution in [1.29, 1.82) is 0 Å². The predicted molar refractivity (Wildman–Crippen MR) is 106 cm³/mol. The van der Waals surface area contributed by atoms with Gasteiger partial charge in [0, 0.05) is 6.42 Å². The van der Waals surface area contributed by atoms with E-state index in [-0.39, 0.29) is 23.2 Å². The van der Waals surface area contributed by atoms with Crippen molar-refractivity contribution in [3.63, 3.8) is 0 Å². The normalized spacial score (nSPS) is 13.2. The van der Waals surface area contributed by atoms with E-state index in [1.165, 1.54) is 32.6 Å². The number of rotatable bonds is 5. The van der Waals surface area contributed by atoms with Gasteiger partial charge in [0.05, 0.1) is 29.4 Å². The van der Waals surface area contributed by atoms with E-state index in [0.29, 0.717) is 34.8 Å². The van der Waals surface area contributed by atoms with Crippen LogP contribution in [0.15, 0.2) is 28.0 Å². The first-order valence-electron chi connectivity index (χ1n) is 9.28. The molecule has 0 radical (unpaired) electrons. The fourth-order valence-corrected chi connectivity index (χ4v) is 3.10. The molecule has 0 aliphatic carbocycles. The third kappa shape index (κ3) is 3.41. The molecule has 0 amide bonds. The van der Waals surface area contributed by atoms with E-state index in [1.54, 1.807) is 13.8 Å². The average molecular weight is 406 g/mol. The highest BCUT2D eigenvalue weighted by Gasteiger charge is 2.17. The molecular formula is C18H18N10O2. The number of hydrogen-bond acceptors (Lipinski definition) is 9. The van der Waals surface area contributed by atoms with E-state index >= 15 is 0 Å². The minimum absolute atomic E-state index is 0.233. The molecule has 1 unspecified atom stereocenters. The Morgan fingerprint density at radius 1 is 0.933 bits per heavy atom. The van der Waals surface area contributed by atoms with Gasteiger partial charge in [0.15, 0.2) is 6.33 Å². The quantitative estimate of drug-likeness (QED) is 0.334. The highest BCUT2D eigenvalue weighted by Crippen LogP contribution is 2.16. The maximum absolute atomic E-state index is 13.0. The molecule has 0 fully saturated rings. The van der Waals surface area contributed by atoms with Crippen molar-refractivity contribution in [2.75, 3.05) is 0 Å². The van der Waals surface area contributed by atoms with Crippen LogP contribution in [0.25, 0.3) is 21.8 Å². The molecule has 0 aliphatic rings. The summed E-state index contributed by atoms with van der Waals surface area (Å²) in [7, 11) is 0. The van der Waals surface area contributed by atoms with Gasteiger partial charge in [0.1, 0.15) is 11.0 Å². The Hall–Kier alpha value is -4.01. The summed E-state index contributed by atoms with van der Waals surface area (Å²) in [5.41, 5.74) is -0.0387. The van der Waals surface area contributed by atoms with Crippen LogP contribution in [0.4, 0.5) is 0 Å². The Balaban J connectivity index is 1.79. The van der Waals surface area contributed by atoms with E-state index in [4.69, 9.17) is 0 Å². The van der Waals surface area contributed by atoms with Crippen molar-refractivity contribution in [1.82, 2.24) is 50.2 Å². The summed E-state index contributed by atoms with van der Waals surface area (Å²) in [6.45, 7) is 5.68. The minimum atomic E-state index is -0.362. The van der Waals surface area contributed by atoms with Crippen LogP contribution in [0.5, 0.6) is 0 Å². The SMILES string of the molecule is CC#CCC(C)n1nnc2cc3c(=O)n([C@H](C)Cn4ncnn4)nnc3cc2c1=O. The van der Waals surface area contributed by atoms with Gasteiger partial charge in [0.25, 0.3) is 11.1 Å². The number of fused-ring (bicyclic) bond motifs is 2. The van der Waals surface area contributed by atoms with Crippen molar-refractivity contribution >= 4 is 21.8 Å². The molecule has 12 nitrogen and oxygen atoms in total. The molecule has 0 aliphatic heterocycles. The maximum Gasteiger partial charge on any atom is 0.277 e. The van der Waals surface area contributed by atoms with Crippen LogP contribution in [0, 0.1) is 11.8 Å². The van der Waals surface area contributed by atoms with Gasteiger partial charge >= 0.3 is 0 Å². The van der Waals surface area contributed by atoms with Crippen LogP contribution in [0.3, 0.4) is 0 Å². The summed E-state index contributed by atoms with van der Waals surface area (Å²) in [5.74, 6) is 5.73. The van der Waals surface area contributed by atoms with Gasteiger partial charge in [-0.2, -0.15) is 4.80 Å². The molecule has 4 aromatic rings. The summed E-state index contributed by atoms with van der Waals surface area (Å²) >= 11 is 0. The first-order valence-corrected chi connectivity index (χ1v) is 9.28. The van der Waals surface area contributed by atoms with Gasteiger partial charge in [-0.3, -0.25) is 9.59 Å². The Morgan fingerprint density at radius 3 is 2.07 bits per heavy atom. The molecule has 3 heterocycles. The van der Waals surface area contributed by atoms with Crippen LogP contribution in [0.2, 0.25) is 0 Å². The van der Waals surface area contributed by atoms with Crippen LogP contribution in [0.1, 0.15) is 39.3 Å². The smallest absolute Gasteiger partial charge is 0.267 e. The summed E-state index contributed by atoms with van der Waals surface area (Å²) in [6.07, 6.45) is 1.79. The third-order valence-corrected chi connectivity index (χ3v) is 4.72. The van der Waals surface area contributed by atoms with E-state index in [0.717, 1.165) is 0 Å². The van der Waals surface area contributed by atoms with Gasteiger partial charge < -0.3 is 0 Å². The molecule has 0 N–H and O–H groups in total. The Bertz CT molecular complexity index is 1390. The number of benzene rings is 1. The first kappa shape index (κ1) is 19.3. The number of hydrogen-bond donors (Lipinski definition) is 0. The Labute approximate surface area is 169 Å². The number of tetrazole rings is 1. The molecule has 4 rings (SSSR count). The van der Waals surface area contributed by atoms with Crippen LogP contribution in [-0.2, 0) is 6.54 Å². The molecule has 2 atom stereocenters. The molecule has 0 spiro atoms. The lowest BCUT2D eigenvalue weighted by atomic mass is 10.1. The third-order valence-electron chi connectivity index (χ3n) is 4.72. The molecule has 152 valence electrons. The zero-order valence-electron chi connectivity index (χ0n) is 16.6. The van der Waals surface area contributed by atoms with Gasteiger partial charge in [-0.15, -0.1) is 32.2 Å². The van der Waals surface area contributed by atoms with Gasteiger partial charge in [-0.05, 0) is 38.1 Å². The largest absolute Gasteiger partial charge is 0.277 e. The first-order chi connectivity index (χ1) is 14.5. The monoisotopic (exact) mass is 406 g/mol. The standard InChI is InChI=1S/C18H18N10O2/c1-4-5-6-11(2)27-17(29)13-7-16-14(8-15(13)21-24-27)18(30)28(25-22-16)12(3)9-26-20-10-19-23-26/h7-8,10-12H,6,9H2,1-3H3/t11?,12-/m1/s1. The lowest BCUT2D eigenvalue weighted by molar-refractivity contribution is 0.354. The average Bonchev–Trinajstić information content (AvgIpc) is 3.25. The van der Waals surface area contributed by atoms with E-state index in [9.17, 15) is 9.59 Å². The highest BCUT2D eigenvalue weighted by atomic mass is 16.1. The number of aromatic nitrogens is 10. The van der Waals surface area contributed by atoms with Crippen molar-refractivity contribution in [2.45, 2.75) is 45.8 Å². The Morgan fingerprint density at radius 2 is 1.53 bits per heavy atom. The summed E-state index contributed by atoms with van der Waals surface area (Å²) in [5, 5.41) is 28.3. The molecular weight excluding hydrogens is 388 g/mol. The minimum Gasteiger partial charge on any atom is -0.267 e. The molecule has 0 saturated carbocycles. The zero-order valence-corrected chi connectivity index (χ0v) is 16.6. The fraction of sp³-hybridized carbons (Fsp3) is 0.389. The van der Waals surface area contributed by atoms with Gasteiger partial charge in [-0.25, -0.2) is 9.36 Å². The van der Waals surface area contributed by atoms with Crippen molar-refractivity contribution in [3.05, 3.63) is 39.2 Å². The second-order valence-electron chi connectivity index (χ2n) is 6.88. The van der Waals surface area contributed by atoms with Crippen molar-refractivity contribution in [3.8, 4) is 11.8 Å². The summed E-state index contributed by atoms with van der Waals surface area (Å²) in [6, 6.07) is 2.45.